The second-order valence-corrected chi connectivity index (χ2v) is 6.09. The van der Waals surface area contributed by atoms with Crippen molar-refractivity contribution in [1.29, 1.82) is 0 Å². The summed E-state index contributed by atoms with van der Waals surface area (Å²) in [6.07, 6.45) is 3.84. The highest BCUT2D eigenvalue weighted by Crippen LogP contribution is 2.41. The molecule has 2 atom stereocenters. The SMILES string of the molecule is NNC(c1ccc(F)cc1)C1CCOC2(CCOCC2)C1. The minimum absolute atomic E-state index is 0.0363. The Hall–Kier alpha value is -1.01. The van der Waals surface area contributed by atoms with Gasteiger partial charge in [-0.3, -0.25) is 11.3 Å². The fourth-order valence-corrected chi connectivity index (χ4v) is 3.62. The Bertz CT molecular complexity index is 454. The summed E-state index contributed by atoms with van der Waals surface area (Å²) in [5, 5.41) is 0. The summed E-state index contributed by atoms with van der Waals surface area (Å²) < 4.78 is 24.6. The predicted molar refractivity (Wildman–Crippen MR) is 77.9 cm³/mol. The lowest BCUT2D eigenvalue weighted by molar-refractivity contribution is -0.150. The van der Waals surface area contributed by atoms with E-state index in [2.05, 4.69) is 5.43 Å². The first-order valence-corrected chi connectivity index (χ1v) is 7.66. The van der Waals surface area contributed by atoms with Crippen LogP contribution >= 0.6 is 0 Å². The van der Waals surface area contributed by atoms with Crippen LogP contribution < -0.4 is 11.3 Å². The number of hydrogen-bond acceptors (Lipinski definition) is 4. The van der Waals surface area contributed by atoms with Crippen LogP contribution in [-0.4, -0.2) is 25.4 Å². The minimum Gasteiger partial charge on any atom is -0.381 e. The molecule has 21 heavy (non-hydrogen) atoms. The standard InChI is InChI=1S/C16H23FN2O2/c17-14-3-1-12(2-4-14)15(19-18)13-5-8-21-16(11-13)6-9-20-10-7-16/h1-4,13,15,19H,5-11,18H2. The molecular formula is C16H23FN2O2. The number of hydrazine groups is 1. The van der Waals surface area contributed by atoms with Crippen LogP contribution in [0.2, 0.25) is 0 Å². The predicted octanol–water partition coefficient (Wildman–Crippen LogP) is 2.31. The number of rotatable bonds is 3. The van der Waals surface area contributed by atoms with Gasteiger partial charge < -0.3 is 9.47 Å². The van der Waals surface area contributed by atoms with E-state index in [-0.39, 0.29) is 17.5 Å². The summed E-state index contributed by atoms with van der Waals surface area (Å²) in [6.45, 7) is 2.29. The number of benzene rings is 1. The minimum atomic E-state index is -0.220. The third-order valence-electron chi connectivity index (χ3n) is 4.82. The van der Waals surface area contributed by atoms with Crippen LogP contribution in [0.4, 0.5) is 4.39 Å². The van der Waals surface area contributed by atoms with E-state index in [0.717, 1.165) is 51.1 Å². The number of ether oxygens (including phenoxy) is 2. The third-order valence-corrected chi connectivity index (χ3v) is 4.82. The summed E-state index contributed by atoms with van der Waals surface area (Å²) in [5.74, 6) is 5.96. The number of hydrogen-bond donors (Lipinski definition) is 2. The fraction of sp³-hybridized carbons (Fsp3) is 0.625. The molecule has 3 N–H and O–H groups in total. The van der Waals surface area contributed by atoms with Crippen LogP contribution in [0, 0.1) is 11.7 Å². The van der Waals surface area contributed by atoms with Crippen molar-refractivity contribution < 1.29 is 13.9 Å². The fourth-order valence-electron chi connectivity index (χ4n) is 3.62. The lowest BCUT2D eigenvalue weighted by Crippen LogP contribution is -2.47. The van der Waals surface area contributed by atoms with E-state index < -0.39 is 0 Å². The van der Waals surface area contributed by atoms with Gasteiger partial charge in [-0.1, -0.05) is 12.1 Å². The molecule has 1 aromatic carbocycles. The highest BCUT2D eigenvalue weighted by Gasteiger charge is 2.41. The van der Waals surface area contributed by atoms with Gasteiger partial charge in [0, 0.05) is 25.9 Å². The molecule has 2 heterocycles. The molecule has 2 saturated heterocycles. The molecule has 4 nitrogen and oxygen atoms in total. The topological polar surface area (TPSA) is 56.5 Å². The summed E-state index contributed by atoms with van der Waals surface area (Å²) in [5.41, 5.74) is 3.90. The van der Waals surface area contributed by atoms with Crippen molar-refractivity contribution in [3.63, 3.8) is 0 Å². The van der Waals surface area contributed by atoms with Gasteiger partial charge in [-0.15, -0.1) is 0 Å². The maximum absolute atomic E-state index is 13.1. The van der Waals surface area contributed by atoms with E-state index in [1.165, 1.54) is 12.1 Å². The van der Waals surface area contributed by atoms with Gasteiger partial charge in [-0.25, -0.2) is 4.39 Å². The molecule has 0 radical (unpaired) electrons. The summed E-state index contributed by atoms with van der Waals surface area (Å²) in [7, 11) is 0. The first-order valence-electron chi connectivity index (χ1n) is 7.66. The third kappa shape index (κ3) is 3.26. The van der Waals surface area contributed by atoms with Crippen molar-refractivity contribution in [3.05, 3.63) is 35.6 Å². The second kappa shape index (κ2) is 6.40. The normalized spacial score (nSPS) is 26.7. The van der Waals surface area contributed by atoms with Crippen molar-refractivity contribution in [1.82, 2.24) is 5.43 Å². The van der Waals surface area contributed by atoms with Gasteiger partial charge in [0.05, 0.1) is 5.60 Å². The van der Waals surface area contributed by atoms with E-state index in [1.54, 1.807) is 0 Å². The van der Waals surface area contributed by atoms with Crippen molar-refractivity contribution in [2.45, 2.75) is 37.3 Å². The molecule has 1 spiro atoms. The van der Waals surface area contributed by atoms with Crippen LogP contribution in [0.3, 0.4) is 0 Å². The monoisotopic (exact) mass is 294 g/mol. The quantitative estimate of drug-likeness (QED) is 0.663. The molecule has 116 valence electrons. The molecule has 0 saturated carbocycles. The molecule has 0 aromatic heterocycles. The zero-order chi connectivity index (χ0) is 14.7. The summed E-state index contributed by atoms with van der Waals surface area (Å²) in [6, 6.07) is 6.64. The first kappa shape index (κ1) is 14.9. The van der Waals surface area contributed by atoms with E-state index in [1.807, 2.05) is 12.1 Å². The zero-order valence-corrected chi connectivity index (χ0v) is 12.2. The van der Waals surface area contributed by atoms with Gasteiger partial charge in [-0.05, 0) is 49.3 Å². The Morgan fingerprint density at radius 2 is 1.90 bits per heavy atom. The van der Waals surface area contributed by atoms with Gasteiger partial charge in [0.2, 0.25) is 0 Å². The Kier molecular flexibility index (Phi) is 4.54. The molecule has 2 aliphatic rings. The number of nitrogens with one attached hydrogen (secondary N) is 1. The van der Waals surface area contributed by atoms with Crippen LogP contribution in [0.25, 0.3) is 0 Å². The molecule has 0 bridgehead atoms. The van der Waals surface area contributed by atoms with Crippen molar-refractivity contribution in [2.24, 2.45) is 11.8 Å². The van der Waals surface area contributed by atoms with Crippen LogP contribution in [0.5, 0.6) is 0 Å². The second-order valence-electron chi connectivity index (χ2n) is 6.09. The van der Waals surface area contributed by atoms with Gasteiger partial charge in [-0.2, -0.15) is 0 Å². The average Bonchev–Trinajstić information content (AvgIpc) is 2.51. The Morgan fingerprint density at radius 1 is 1.19 bits per heavy atom. The molecule has 0 amide bonds. The molecule has 3 rings (SSSR count). The van der Waals surface area contributed by atoms with E-state index in [4.69, 9.17) is 15.3 Å². The van der Waals surface area contributed by atoms with Crippen LogP contribution in [0.15, 0.2) is 24.3 Å². The van der Waals surface area contributed by atoms with E-state index >= 15 is 0 Å². The lowest BCUT2D eigenvalue weighted by atomic mass is 9.76. The van der Waals surface area contributed by atoms with Crippen LogP contribution in [-0.2, 0) is 9.47 Å². The molecule has 2 aliphatic heterocycles. The van der Waals surface area contributed by atoms with Gasteiger partial charge in [0.25, 0.3) is 0 Å². The maximum Gasteiger partial charge on any atom is 0.123 e. The molecule has 2 unspecified atom stereocenters. The Balaban J connectivity index is 1.75. The highest BCUT2D eigenvalue weighted by atomic mass is 19.1. The molecular weight excluding hydrogens is 271 g/mol. The molecule has 1 aromatic rings. The van der Waals surface area contributed by atoms with Crippen molar-refractivity contribution in [3.8, 4) is 0 Å². The van der Waals surface area contributed by atoms with Gasteiger partial charge in [0.1, 0.15) is 5.82 Å². The zero-order valence-electron chi connectivity index (χ0n) is 12.2. The van der Waals surface area contributed by atoms with E-state index in [9.17, 15) is 4.39 Å². The lowest BCUT2D eigenvalue weighted by Gasteiger charge is -2.45. The largest absolute Gasteiger partial charge is 0.381 e. The Morgan fingerprint density at radius 3 is 2.57 bits per heavy atom. The van der Waals surface area contributed by atoms with Crippen molar-refractivity contribution in [2.75, 3.05) is 19.8 Å². The summed E-state index contributed by atoms with van der Waals surface area (Å²) in [4.78, 5) is 0. The van der Waals surface area contributed by atoms with Gasteiger partial charge >= 0.3 is 0 Å². The highest BCUT2D eigenvalue weighted by molar-refractivity contribution is 5.21. The smallest absolute Gasteiger partial charge is 0.123 e. The average molecular weight is 294 g/mol. The molecule has 5 heteroatoms. The summed E-state index contributed by atoms with van der Waals surface area (Å²) >= 11 is 0. The van der Waals surface area contributed by atoms with E-state index in [0.29, 0.717) is 5.92 Å². The maximum atomic E-state index is 13.1. The molecule has 0 aliphatic carbocycles. The number of nitrogens with two attached hydrogens (primary N) is 1. The Labute approximate surface area is 124 Å². The van der Waals surface area contributed by atoms with Gasteiger partial charge in [0.15, 0.2) is 0 Å². The van der Waals surface area contributed by atoms with Crippen LogP contribution in [0.1, 0.15) is 37.3 Å². The number of halogens is 1. The first-order chi connectivity index (χ1) is 10.2. The van der Waals surface area contributed by atoms with Crippen molar-refractivity contribution >= 4 is 0 Å². The molecule has 2 fully saturated rings.